The Kier molecular flexibility index (Phi) is 6.50. The number of nitrogens with one attached hydrogen (secondary N) is 2. The summed E-state index contributed by atoms with van der Waals surface area (Å²) < 4.78 is 5.12. The molecule has 0 unspecified atom stereocenters. The van der Waals surface area contributed by atoms with Crippen molar-refractivity contribution in [2.45, 2.75) is 12.5 Å². The predicted octanol–water partition coefficient (Wildman–Crippen LogP) is 4.09. The van der Waals surface area contributed by atoms with Crippen molar-refractivity contribution in [1.29, 1.82) is 0 Å². The zero-order valence-electron chi connectivity index (χ0n) is 18.0. The number of carbonyl (C=O) groups excluding carboxylic acids is 3. The van der Waals surface area contributed by atoms with Gasteiger partial charge in [-0.3, -0.25) is 19.3 Å². The summed E-state index contributed by atoms with van der Waals surface area (Å²) in [5.74, 6) is -0.522. The van der Waals surface area contributed by atoms with Crippen molar-refractivity contribution in [3.05, 3.63) is 90.5 Å². The number of nitrogens with zero attached hydrogens (tertiary/aromatic N) is 1. The quantitative estimate of drug-likeness (QED) is 0.564. The maximum absolute atomic E-state index is 13.2. The van der Waals surface area contributed by atoms with Gasteiger partial charge in [-0.15, -0.1) is 0 Å². The number of benzene rings is 3. The second kappa shape index (κ2) is 9.82. The lowest BCUT2D eigenvalue weighted by molar-refractivity contribution is -0.124. The summed E-state index contributed by atoms with van der Waals surface area (Å²) in [5.41, 5.74) is 2.49. The van der Waals surface area contributed by atoms with Crippen LogP contribution in [0.25, 0.3) is 6.08 Å². The van der Waals surface area contributed by atoms with Gasteiger partial charge in [-0.05, 0) is 48.0 Å². The fraction of sp³-hybridized carbons (Fsp3) is 0.115. The highest BCUT2D eigenvalue weighted by Crippen LogP contribution is 2.33. The van der Waals surface area contributed by atoms with Gasteiger partial charge in [0.1, 0.15) is 11.8 Å². The molecule has 0 fully saturated rings. The van der Waals surface area contributed by atoms with E-state index in [0.29, 0.717) is 22.8 Å². The van der Waals surface area contributed by atoms with Crippen LogP contribution in [0.3, 0.4) is 0 Å². The van der Waals surface area contributed by atoms with E-state index >= 15 is 0 Å². The molecule has 0 spiro atoms. The molecule has 4 rings (SSSR count). The maximum atomic E-state index is 13.2. The fourth-order valence-corrected chi connectivity index (χ4v) is 3.62. The average Bonchev–Trinajstić information content (AvgIpc) is 2.84. The molecule has 0 aromatic heterocycles. The summed E-state index contributed by atoms with van der Waals surface area (Å²) in [4.78, 5) is 40.2. The van der Waals surface area contributed by atoms with Crippen molar-refractivity contribution in [2.24, 2.45) is 0 Å². The summed E-state index contributed by atoms with van der Waals surface area (Å²) >= 11 is 0. The van der Waals surface area contributed by atoms with E-state index in [1.54, 1.807) is 61.7 Å². The number of carbonyl (C=O) groups is 3. The maximum Gasteiger partial charge on any atom is 0.251 e. The Morgan fingerprint density at radius 1 is 1.00 bits per heavy atom. The molecule has 166 valence electrons. The zero-order valence-corrected chi connectivity index (χ0v) is 18.0. The van der Waals surface area contributed by atoms with Crippen molar-refractivity contribution in [1.82, 2.24) is 0 Å². The molecule has 1 aliphatic heterocycles. The van der Waals surface area contributed by atoms with Gasteiger partial charge in [-0.1, -0.05) is 42.5 Å². The molecule has 33 heavy (non-hydrogen) atoms. The van der Waals surface area contributed by atoms with Crippen LogP contribution in [-0.2, 0) is 14.4 Å². The summed E-state index contributed by atoms with van der Waals surface area (Å²) in [7, 11) is 1.56. The first-order valence-corrected chi connectivity index (χ1v) is 10.5. The molecule has 2 N–H and O–H groups in total. The van der Waals surface area contributed by atoms with E-state index in [1.165, 1.54) is 11.0 Å². The molecule has 0 aliphatic carbocycles. The van der Waals surface area contributed by atoms with E-state index in [2.05, 4.69) is 10.6 Å². The number of anilines is 3. The summed E-state index contributed by atoms with van der Waals surface area (Å²) in [6.07, 6.45) is 2.90. The van der Waals surface area contributed by atoms with Gasteiger partial charge in [-0.2, -0.15) is 0 Å². The Morgan fingerprint density at radius 2 is 1.70 bits per heavy atom. The van der Waals surface area contributed by atoms with Crippen molar-refractivity contribution < 1.29 is 19.1 Å². The van der Waals surface area contributed by atoms with Crippen LogP contribution >= 0.6 is 0 Å². The van der Waals surface area contributed by atoms with Gasteiger partial charge in [0.25, 0.3) is 5.91 Å². The lowest BCUT2D eigenvalue weighted by atomic mass is 10.0. The lowest BCUT2D eigenvalue weighted by Crippen LogP contribution is -2.52. The first-order valence-electron chi connectivity index (χ1n) is 10.5. The van der Waals surface area contributed by atoms with Crippen LogP contribution in [0, 0.1) is 0 Å². The Hall–Kier alpha value is -4.39. The number of para-hydroxylation sites is 2. The fourth-order valence-electron chi connectivity index (χ4n) is 3.62. The van der Waals surface area contributed by atoms with Crippen LogP contribution < -0.4 is 20.3 Å². The molecular formula is C26H23N3O4. The smallest absolute Gasteiger partial charge is 0.251 e. The number of amides is 3. The van der Waals surface area contributed by atoms with Crippen LogP contribution in [0.5, 0.6) is 5.75 Å². The second-order valence-corrected chi connectivity index (χ2v) is 7.46. The third-order valence-corrected chi connectivity index (χ3v) is 5.24. The zero-order chi connectivity index (χ0) is 23.2. The minimum atomic E-state index is -0.994. The molecule has 3 amide bonds. The van der Waals surface area contributed by atoms with Gasteiger partial charge in [0.05, 0.1) is 24.9 Å². The van der Waals surface area contributed by atoms with Crippen molar-refractivity contribution >= 4 is 40.9 Å². The number of rotatable bonds is 6. The van der Waals surface area contributed by atoms with Crippen LogP contribution in [0.15, 0.2) is 84.9 Å². The van der Waals surface area contributed by atoms with E-state index in [9.17, 15) is 14.4 Å². The van der Waals surface area contributed by atoms with Gasteiger partial charge >= 0.3 is 0 Å². The number of hydrogen-bond acceptors (Lipinski definition) is 4. The molecule has 7 nitrogen and oxygen atoms in total. The Balaban J connectivity index is 1.57. The predicted molar refractivity (Wildman–Crippen MR) is 128 cm³/mol. The van der Waals surface area contributed by atoms with Crippen molar-refractivity contribution in [2.75, 3.05) is 22.6 Å². The highest BCUT2D eigenvalue weighted by Gasteiger charge is 2.37. The van der Waals surface area contributed by atoms with Crippen molar-refractivity contribution in [3.63, 3.8) is 0 Å². The van der Waals surface area contributed by atoms with Gasteiger partial charge in [0, 0.05) is 11.8 Å². The molecular weight excluding hydrogens is 418 g/mol. The van der Waals surface area contributed by atoms with E-state index in [1.807, 2.05) is 30.3 Å². The van der Waals surface area contributed by atoms with Gasteiger partial charge in [0.15, 0.2) is 0 Å². The number of hydrogen-bond donors (Lipinski definition) is 2. The minimum Gasteiger partial charge on any atom is -0.497 e. The number of fused-ring (bicyclic) bond motifs is 1. The van der Waals surface area contributed by atoms with E-state index in [-0.39, 0.29) is 18.2 Å². The summed E-state index contributed by atoms with van der Waals surface area (Å²) in [6, 6.07) is 22.3. The summed E-state index contributed by atoms with van der Waals surface area (Å²) in [5, 5.41) is 5.57. The second-order valence-electron chi connectivity index (χ2n) is 7.46. The van der Waals surface area contributed by atoms with Crippen molar-refractivity contribution in [3.8, 4) is 5.75 Å². The van der Waals surface area contributed by atoms with Crippen LogP contribution in [0.2, 0.25) is 0 Å². The molecule has 0 saturated carbocycles. The van der Waals surface area contributed by atoms with E-state index in [4.69, 9.17) is 4.74 Å². The topological polar surface area (TPSA) is 87.7 Å². The molecule has 1 aliphatic rings. The third kappa shape index (κ3) is 5.10. The first kappa shape index (κ1) is 21.8. The Labute approximate surface area is 191 Å². The third-order valence-electron chi connectivity index (χ3n) is 5.24. The highest BCUT2D eigenvalue weighted by atomic mass is 16.5. The van der Waals surface area contributed by atoms with Gasteiger partial charge in [0.2, 0.25) is 11.8 Å². The summed E-state index contributed by atoms with van der Waals surface area (Å²) in [6.45, 7) is 0. The lowest BCUT2D eigenvalue weighted by Gasteiger charge is -2.35. The normalized spacial score (nSPS) is 15.0. The molecule has 1 heterocycles. The monoisotopic (exact) mass is 441 g/mol. The van der Waals surface area contributed by atoms with E-state index < -0.39 is 11.9 Å². The molecule has 0 saturated heterocycles. The van der Waals surface area contributed by atoms with E-state index in [0.717, 1.165) is 5.56 Å². The standard InChI is InChI=1S/C26H23N3O4/c1-33-20-14-12-19(13-15-20)27-24(30)17-23-26(32)28-21-9-5-6-10-22(21)29(23)25(31)16-11-18-7-3-2-4-8-18/h2-16,23H,17H2,1H3,(H,27,30)(H,28,32)/b16-11+/t23-/m0/s1. The average molecular weight is 441 g/mol. The van der Waals surface area contributed by atoms with Gasteiger partial charge < -0.3 is 15.4 Å². The first-order chi connectivity index (χ1) is 16.0. The molecule has 0 bridgehead atoms. The van der Waals surface area contributed by atoms with Crippen LogP contribution in [0.4, 0.5) is 17.1 Å². The molecule has 3 aromatic carbocycles. The Bertz CT molecular complexity index is 1190. The van der Waals surface area contributed by atoms with Gasteiger partial charge in [-0.25, -0.2) is 0 Å². The number of ether oxygens (including phenoxy) is 1. The molecule has 0 radical (unpaired) electrons. The number of methoxy groups -OCH3 is 1. The highest BCUT2D eigenvalue weighted by molar-refractivity contribution is 6.16. The minimum absolute atomic E-state index is 0.197. The SMILES string of the molecule is COc1ccc(NC(=O)C[C@H]2C(=O)Nc3ccccc3N2C(=O)/C=C/c2ccccc2)cc1. The molecule has 7 heteroatoms. The largest absolute Gasteiger partial charge is 0.497 e. The van der Waals surface area contributed by atoms with Crippen LogP contribution in [-0.4, -0.2) is 30.9 Å². The van der Waals surface area contributed by atoms with Crippen LogP contribution in [0.1, 0.15) is 12.0 Å². The Morgan fingerprint density at radius 3 is 2.42 bits per heavy atom. The molecule has 1 atom stereocenters. The molecule has 3 aromatic rings.